The molecule has 3 heterocycles. The fourth-order valence-corrected chi connectivity index (χ4v) is 5.87. The normalized spacial score (nSPS) is 14.9. The number of nitrogens with one attached hydrogen (secondary N) is 1. The number of hydrogen-bond donors (Lipinski definition) is 1. The molecule has 3 aromatic carbocycles. The summed E-state index contributed by atoms with van der Waals surface area (Å²) in [5.41, 5.74) is 1.82. The van der Waals surface area contributed by atoms with Crippen LogP contribution < -0.4 is 15.0 Å². The SMILES string of the molecule is COc1ccc(CC(=O)Nc2nc(-c3ccc4c(c3)CCN4C(=O)c3ccc(C4(C(F)(F)F)N=N4)cc3)c(C)s2)cc1. The van der Waals surface area contributed by atoms with E-state index in [-0.39, 0.29) is 29.4 Å². The number of aromatic nitrogens is 1. The summed E-state index contributed by atoms with van der Waals surface area (Å²) in [6.45, 7) is 2.38. The van der Waals surface area contributed by atoms with Crippen LogP contribution in [-0.2, 0) is 23.3 Å². The molecule has 0 aliphatic carbocycles. The maximum absolute atomic E-state index is 13.3. The number of benzene rings is 3. The first-order valence-corrected chi connectivity index (χ1v) is 13.9. The van der Waals surface area contributed by atoms with Gasteiger partial charge in [0.2, 0.25) is 5.91 Å². The fraction of sp³-hybridized carbons (Fsp3) is 0.233. The van der Waals surface area contributed by atoms with E-state index in [1.165, 1.54) is 35.6 Å². The number of ether oxygens (including phenoxy) is 1. The van der Waals surface area contributed by atoms with Crippen LogP contribution in [0.25, 0.3) is 11.3 Å². The summed E-state index contributed by atoms with van der Waals surface area (Å²) in [6.07, 6.45) is -3.79. The molecule has 4 aromatic rings. The monoisotopic (exact) mass is 591 g/mol. The molecular formula is C30H24F3N5O3S. The molecule has 0 saturated carbocycles. The van der Waals surface area contributed by atoms with E-state index in [1.807, 2.05) is 37.3 Å². The van der Waals surface area contributed by atoms with Gasteiger partial charge in [-0.05, 0) is 60.9 Å². The maximum atomic E-state index is 13.3. The van der Waals surface area contributed by atoms with Crippen molar-refractivity contribution in [3.05, 3.63) is 93.9 Å². The number of methoxy groups -OCH3 is 1. The summed E-state index contributed by atoms with van der Waals surface area (Å²) >= 11 is 1.39. The lowest BCUT2D eigenvalue weighted by atomic mass is 10.0. The van der Waals surface area contributed by atoms with E-state index in [4.69, 9.17) is 4.74 Å². The van der Waals surface area contributed by atoms with Gasteiger partial charge in [0.1, 0.15) is 5.75 Å². The van der Waals surface area contributed by atoms with Gasteiger partial charge >= 0.3 is 11.8 Å². The smallest absolute Gasteiger partial charge is 0.442 e. The average molecular weight is 592 g/mol. The number of halogens is 3. The van der Waals surface area contributed by atoms with Crippen LogP contribution in [-0.4, -0.2) is 36.6 Å². The highest BCUT2D eigenvalue weighted by atomic mass is 32.1. The topological polar surface area (TPSA) is 96.2 Å². The van der Waals surface area contributed by atoms with Crippen LogP contribution in [0.15, 0.2) is 77.0 Å². The van der Waals surface area contributed by atoms with Crippen LogP contribution in [0.2, 0.25) is 0 Å². The van der Waals surface area contributed by atoms with Crippen LogP contribution in [0.4, 0.5) is 24.0 Å². The highest BCUT2D eigenvalue weighted by molar-refractivity contribution is 7.16. The number of anilines is 2. The number of carbonyl (C=O) groups is 2. The minimum absolute atomic E-state index is 0.118. The molecular weight excluding hydrogens is 567 g/mol. The molecule has 2 aliphatic rings. The van der Waals surface area contributed by atoms with E-state index in [2.05, 4.69) is 20.5 Å². The minimum Gasteiger partial charge on any atom is -0.497 e. The number of alkyl halides is 3. The van der Waals surface area contributed by atoms with Gasteiger partial charge in [0, 0.05) is 33.8 Å². The molecule has 214 valence electrons. The van der Waals surface area contributed by atoms with Gasteiger partial charge in [-0.15, -0.1) is 21.6 Å². The third kappa shape index (κ3) is 5.02. The van der Waals surface area contributed by atoms with E-state index in [0.717, 1.165) is 38.7 Å². The number of aryl methyl sites for hydroxylation is 1. The number of nitrogens with zero attached hydrogens (tertiary/aromatic N) is 4. The van der Waals surface area contributed by atoms with Crippen molar-refractivity contribution in [1.82, 2.24) is 4.98 Å². The summed E-state index contributed by atoms with van der Waals surface area (Å²) in [5.74, 6) is 0.246. The highest BCUT2D eigenvalue weighted by Gasteiger charge is 2.65. The molecule has 8 nitrogen and oxygen atoms in total. The Bertz CT molecular complexity index is 1710. The van der Waals surface area contributed by atoms with Crippen LogP contribution in [0.5, 0.6) is 5.75 Å². The molecule has 2 aliphatic heterocycles. The largest absolute Gasteiger partial charge is 0.497 e. The summed E-state index contributed by atoms with van der Waals surface area (Å²) in [7, 11) is 1.59. The molecule has 0 unspecified atom stereocenters. The standard InChI is InChI=1S/C30H24F3N5O3S/c1-17-26(35-28(42-17)34-25(39)15-18-3-10-23(41-2)11-4-18)21-7-12-24-20(16-21)13-14-38(24)27(40)19-5-8-22(9-6-19)29(36-37-29)30(31,32)33/h3-12,16H,13-15H2,1-2H3,(H,34,35,39). The van der Waals surface area contributed by atoms with Crippen molar-refractivity contribution in [3.63, 3.8) is 0 Å². The number of rotatable bonds is 7. The Morgan fingerprint density at radius 2 is 1.76 bits per heavy atom. The van der Waals surface area contributed by atoms with E-state index < -0.39 is 11.8 Å². The molecule has 6 rings (SSSR count). The quantitative estimate of drug-likeness (QED) is 0.259. The first-order valence-electron chi connectivity index (χ1n) is 13.0. The minimum atomic E-state index is -4.62. The molecule has 0 saturated heterocycles. The molecule has 0 spiro atoms. The molecule has 0 radical (unpaired) electrons. The summed E-state index contributed by atoms with van der Waals surface area (Å²) in [5, 5.41) is 9.80. The molecule has 1 aromatic heterocycles. The van der Waals surface area contributed by atoms with Gasteiger partial charge < -0.3 is 15.0 Å². The van der Waals surface area contributed by atoms with Crippen molar-refractivity contribution in [3.8, 4) is 17.0 Å². The van der Waals surface area contributed by atoms with E-state index in [1.54, 1.807) is 24.1 Å². The van der Waals surface area contributed by atoms with E-state index >= 15 is 0 Å². The predicted octanol–water partition coefficient (Wildman–Crippen LogP) is 6.69. The van der Waals surface area contributed by atoms with Gasteiger partial charge in [-0.2, -0.15) is 13.2 Å². The highest BCUT2D eigenvalue weighted by Crippen LogP contribution is 2.52. The number of fused-ring (bicyclic) bond motifs is 1. The zero-order chi connectivity index (χ0) is 29.6. The van der Waals surface area contributed by atoms with Crippen LogP contribution in [0.1, 0.15) is 31.9 Å². The Morgan fingerprint density at radius 1 is 1.05 bits per heavy atom. The zero-order valence-electron chi connectivity index (χ0n) is 22.5. The molecule has 2 amide bonds. The molecule has 0 fully saturated rings. The van der Waals surface area contributed by atoms with Crippen LogP contribution in [0.3, 0.4) is 0 Å². The second-order valence-corrected chi connectivity index (χ2v) is 11.2. The lowest BCUT2D eigenvalue weighted by Gasteiger charge is -2.19. The Hall–Kier alpha value is -4.58. The van der Waals surface area contributed by atoms with Gasteiger partial charge in [-0.3, -0.25) is 9.59 Å². The van der Waals surface area contributed by atoms with Gasteiger partial charge in [0.05, 0.1) is 19.2 Å². The zero-order valence-corrected chi connectivity index (χ0v) is 23.3. The Kier molecular flexibility index (Phi) is 6.80. The predicted molar refractivity (Wildman–Crippen MR) is 152 cm³/mol. The summed E-state index contributed by atoms with van der Waals surface area (Å²) < 4.78 is 45.1. The van der Waals surface area contributed by atoms with E-state index in [0.29, 0.717) is 18.1 Å². The Balaban J connectivity index is 1.14. The number of amides is 2. The molecule has 1 N–H and O–H groups in total. The third-order valence-corrected chi connectivity index (χ3v) is 8.18. The van der Waals surface area contributed by atoms with Crippen molar-refractivity contribution in [2.75, 3.05) is 23.9 Å². The number of carbonyl (C=O) groups excluding carboxylic acids is 2. The second-order valence-electron chi connectivity index (χ2n) is 9.99. The van der Waals surface area contributed by atoms with Crippen molar-refractivity contribution in [2.45, 2.75) is 31.6 Å². The van der Waals surface area contributed by atoms with Crippen LogP contribution in [0, 0.1) is 6.92 Å². The summed E-state index contributed by atoms with van der Waals surface area (Å²) in [4.78, 5) is 33.1. The Morgan fingerprint density at radius 3 is 2.40 bits per heavy atom. The Labute approximate surface area is 242 Å². The number of thiazole rings is 1. The molecule has 12 heteroatoms. The van der Waals surface area contributed by atoms with Crippen LogP contribution >= 0.6 is 11.3 Å². The third-order valence-electron chi connectivity index (χ3n) is 7.29. The van der Waals surface area contributed by atoms with Gasteiger partial charge in [-0.1, -0.05) is 30.3 Å². The first kappa shape index (κ1) is 27.6. The maximum Gasteiger partial charge on any atom is 0.442 e. The summed E-state index contributed by atoms with van der Waals surface area (Å²) in [6, 6.07) is 18.3. The lowest BCUT2D eigenvalue weighted by molar-refractivity contribution is -0.166. The molecule has 0 bridgehead atoms. The van der Waals surface area contributed by atoms with Gasteiger partial charge in [0.15, 0.2) is 5.13 Å². The van der Waals surface area contributed by atoms with Gasteiger partial charge in [-0.25, -0.2) is 4.98 Å². The molecule has 42 heavy (non-hydrogen) atoms. The average Bonchev–Trinajstić information content (AvgIpc) is 3.58. The lowest BCUT2D eigenvalue weighted by Crippen LogP contribution is -2.31. The van der Waals surface area contributed by atoms with Crippen molar-refractivity contribution in [1.29, 1.82) is 0 Å². The van der Waals surface area contributed by atoms with Crippen molar-refractivity contribution in [2.24, 2.45) is 10.2 Å². The van der Waals surface area contributed by atoms with Crippen molar-refractivity contribution >= 4 is 34.0 Å². The van der Waals surface area contributed by atoms with E-state index in [9.17, 15) is 22.8 Å². The second kappa shape index (κ2) is 10.4. The molecule has 0 atom stereocenters. The number of hydrogen-bond acceptors (Lipinski definition) is 7. The first-order chi connectivity index (χ1) is 20.1. The van der Waals surface area contributed by atoms with Gasteiger partial charge in [0.25, 0.3) is 5.91 Å². The fourth-order valence-electron chi connectivity index (χ4n) is 5.01. The van der Waals surface area contributed by atoms with Crippen molar-refractivity contribution < 1.29 is 27.5 Å².